The number of aliphatic hydroxyl groups is 1. The number of hydrogen-bond acceptors (Lipinski definition) is 1. The molecular formula is C20H34O. The Bertz CT molecular complexity index is 431. The lowest BCUT2D eigenvalue weighted by atomic mass is 9.44. The van der Waals surface area contributed by atoms with E-state index in [-0.39, 0.29) is 12.0 Å². The molecule has 2 aliphatic rings. The predicted octanol–water partition coefficient (Wildman–Crippen LogP) is 5.50. The zero-order chi connectivity index (χ0) is 15.7. The van der Waals surface area contributed by atoms with Gasteiger partial charge in [0.15, 0.2) is 0 Å². The third kappa shape index (κ3) is 2.99. The van der Waals surface area contributed by atoms with Crippen molar-refractivity contribution in [3.8, 4) is 0 Å². The van der Waals surface area contributed by atoms with Crippen molar-refractivity contribution in [3.05, 3.63) is 23.8 Å². The summed E-state index contributed by atoms with van der Waals surface area (Å²) in [7, 11) is 0. The Kier molecular flexibility index (Phi) is 4.73. The lowest BCUT2D eigenvalue weighted by Gasteiger charge is -2.60. The van der Waals surface area contributed by atoms with Crippen LogP contribution in [0.2, 0.25) is 0 Å². The maximum absolute atomic E-state index is 9.05. The molecule has 0 unspecified atom stereocenters. The average Bonchev–Trinajstić information content (AvgIpc) is 2.39. The summed E-state index contributed by atoms with van der Waals surface area (Å²) < 4.78 is 0. The molecule has 1 saturated carbocycles. The highest BCUT2D eigenvalue weighted by Gasteiger charge is 2.55. The second-order valence-corrected chi connectivity index (χ2v) is 8.60. The molecule has 1 nitrogen and oxygen atoms in total. The topological polar surface area (TPSA) is 20.2 Å². The van der Waals surface area contributed by atoms with Gasteiger partial charge in [-0.15, -0.1) is 0 Å². The highest BCUT2D eigenvalue weighted by atomic mass is 16.2. The standard InChI is InChI=1S/C20H34O/c1-16(10-15-21)9-14-19(4)12-6-8-17-18(2,3)11-7-13-20(17,19)5/h6,10,12,17,21H,7-9,11,13-15H2,1-5H3/b16-10+/t17-,19-,20-/m0/s1. The van der Waals surface area contributed by atoms with E-state index in [1.165, 1.54) is 37.7 Å². The molecule has 1 N–H and O–H groups in total. The Hall–Kier alpha value is -0.560. The van der Waals surface area contributed by atoms with Crippen LogP contribution in [-0.4, -0.2) is 11.7 Å². The van der Waals surface area contributed by atoms with Gasteiger partial charge in [-0.25, -0.2) is 0 Å². The highest BCUT2D eigenvalue weighted by Crippen LogP contribution is 2.63. The largest absolute Gasteiger partial charge is 0.392 e. The van der Waals surface area contributed by atoms with Crippen molar-refractivity contribution in [1.29, 1.82) is 0 Å². The maximum Gasteiger partial charge on any atom is 0.0614 e. The normalized spacial score (nSPS) is 39.1. The van der Waals surface area contributed by atoms with E-state index in [0.717, 1.165) is 12.3 Å². The SMILES string of the molecule is C/C(=C\CO)CC[C@]1(C)C=CC[C@H]2C(C)(C)CCC[C@@]21C. The number of hydrogen-bond donors (Lipinski definition) is 1. The Morgan fingerprint density at radius 3 is 2.62 bits per heavy atom. The van der Waals surface area contributed by atoms with E-state index in [0.29, 0.717) is 10.8 Å². The molecule has 0 aromatic rings. The predicted molar refractivity (Wildman–Crippen MR) is 91.2 cm³/mol. The van der Waals surface area contributed by atoms with Gasteiger partial charge in [-0.2, -0.15) is 0 Å². The summed E-state index contributed by atoms with van der Waals surface area (Å²) in [5, 5.41) is 9.05. The Balaban J connectivity index is 2.24. The first-order valence-corrected chi connectivity index (χ1v) is 8.69. The third-order valence-electron chi connectivity index (χ3n) is 6.87. The molecule has 0 aromatic heterocycles. The van der Waals surface area contributed by atoms with Crippen LogP contribution in [0.3, 0.4) is 0 Å². The van der Waals surface area contributed by atoms with Gasteiger partial charge < -0.3 is 5.11 Å². The molecule has 1 fully saturated rings. The van der Waals surface area contributed by atoms with Crippen LogP contribution >= 0.6 is 0 Å². The molecule has 1 heteroatoms. The molecule has 2 aliphatic carbocycles. The monoisotopic (exact) mass is 290 g/mol. The fourth-order valence-corrected chi connectivity index (χ4v) is 5.12. The van der Waals surface area contributed by atoms with E-state index >= 15 is 0 Å². The van der Waals surface area contributed by atoms with Crippen LogP contribution in [0, 0.1) is 22.2 Å². The molecular weight excluding hydrogens is 256 g/mol. The highest BCUT2D eigenvalue weighted by molar-refractivity contribution is 5.17. The minimum Gasteiger partial charge on any atom is -0.392 e. The summed E-state index contributed by atoms with van der Waals surface area (Å²) in [4.78, 5) is 0. The summed E-state index contributed by atoms with van der Waals surface area (Å²) in [5.74, 6) is 0.802. The van der Waals surface area contributed by atoms with Crippen LogP contribution in [0.1, 0.15) is 73.1 Å². The quantitative estimate of drug-likeness (QED) is 0.677. The number of fused-ring (bicyclic) bond motifs is 1. The molecule has 0 bridgehead atoms. The summed E-state index contributed by atoms with van der Waals surface area (Å²) in [5.41, 5.74) is 2.50. The minimum absolute atomic E-state index is 0.172. The first kappa shape index (κ1) is 16.8. The molecule has 2 rings (SSSR count). The number of aliphatic hydroxyl groups excluding tert-OH is 1. The van der Waals surface area contributed by atoms with E-state index in [4.69, 9.17) is 5.11 Å². The Morgan fingerprint density at radius 2 is 1.95 bits per heavy atom. The van der Waals surface area contributed by atoms with Crippen molar-refractivity contribution in [2.75, 3.05) is 6.61 Å². The molecule has 0 heterocycles. The van der Waals surface area contributed by atoms with Gasteiger partial charge in [-0.1, -0.05) is 57.9 Å². The van der Waals surface area contributed by atoms with Gasteiger partial charge in [0, 0.05) is 0 Å². The lowest BCUT2D eigenvalue weighted by molar-refractivity contribution is -0.0765. The van der Waals surface area contributed by atoms with E-state index in [1.54, 1.807) is 0 Å². The summed E-state index contributed by atoms with van der Waals surface area (Å²) in [6, 6.07) is 0. The second kappa shape index (κ2) is 5.91. The van der Waals surface area contributed by atoms with Crippen LogP contribution in [0.4, 0.5) is 0 Å². The van der Waals surface area contributed by atoms with Crippen LogP contribution < -0.4 is 0 Å². The van der Waals surface area contributed by atoms with E-state index in [9.17, 15) is 0 Å². The summed E-state index contributed by atoms with van der Waals surface area (Å²) in [6.07, 6.45) is 14.6. The minimum atomic E-state index is 0.172. The van der Waals surface area contributed by atoms with Crippen LogP contribution in [0.25, 0.3) is 0 Å². The molecule has 0 spiro atoms. The van der Waals surface area contributed by atoms with Gasteiger partial charge in [0.2, 0.25) is 0 Å². The van der Waals surface area contributed by atoms with Gasteiger partial charge >= 0.3 is 0 Å². The fraction of sp³-hybridized carbons (Fsp3) is 0.800. The van der Waals surface area contributed by atoms with E-state index in [1.807, 2.05) is 6.08 Å². The van der Waals surface area contributed by atoms with Crippen molar-refractivity contribution in [1.82, 2.24) is 0 Å². The zero-order valence-corrected chi connectivity index (χ0v) is 14.7. The van der Waals surface area contributed by atoms with Crippen LogP contribution in [0.5, 0.6) is 0 Å². The number of allylic oxidation sites excluding steroid dienone is 3. The molecule has 0 aliphatic heterocycles. The Morgan fingerprint density at radius 1 is 1.24 bits per heavy atom. The van der Waals surface area contributed by atoms with Crippen molar-refractivity contribution in [2.24, 2.45) is 22.2 Å². The smallest absolute Gasteiger partial charge is 0.0614 e. The van der Waals surface area contributed by atoms with Crippen LogP contribution in [-0.2, 0) is 0 Å². The van der Waals surface area contributed by atoms with Crippen molar-refractivity contribution >= 4 is 0 Å². The average molecular weight is 290 g/mol. The lowest BCUT2D eigenvalue weighted by Crippen LogP contribution is -2.52. The first-order valence-electron chi connectivity index (χ1n) is 8.69. The van der Waals surface area contributed by atoms with Gasteiger partial charge in [0.25, 0.3) is 0 Å². The molecule has 0 amide bonds. The molecule has 21 heavy (non-hydrogen) atoms. The van der Waals surface area contributed by atoms with Crippen molar-refractivity contribution in [3.63, 3.8) is 0 Å². The van der Waals surface area contributed by atoms with Gasteiger partial charge in [-0.3, -0.25) is 0 Å². The fourth-order valence-electron chi connectivity index (χ4n) is 5.12. The van der Waals surface area contributed by atoms with Crippen molar-refractivity contribution in [2.45, 2.75) is 73.1 Å². The molecule has 0 saturated heterocycles. The molecule has 0 radical (unpaired) electrons. The number of rotatable bonds is 4. The van der Waals surface area contributed by atoms with Gasteiger partial charge in [-0.05, 0) is 61.2 Å². The Labute approximate surface area is 131 Å². The summed E-state index contributed by atoms with van der Waals surface area (Å²) >= 11 is 0. The van der Waals surface area contributed by atoms with Crippen LogP contribution in [0.15, 0.2) is 23.8 Å². The summed E-state index contributed by atoms with van der Waals surface area (Å²) in [6.45, 7) is 12.3. The first-order chi connectivity index (χ1) is 9.75. The second-order valence-electron chi connectivity index (χ2n) is 8.60. The zero-order valence-electron chi connectivity index (χ0n) is 14.7. The molecule has 3 atom stereocenters. The van der Waals surface area contributed by atoms with E-state index in [2.05, 4.69) is 46.8 Å². The van der Waals surface area contributed by atoms with Gasteiger partial charge in [0.1, 0.15) is 0 Å². The van der Waals surface area contributed by atoms with E-state index < -0.39 is 0 Å². The maximum atomic E-state index is 9.05. The molecule has 0 aromatic carbocycles. The van der Waals surface area contributed by atoms with Crippen molar-refractivity contribution < 1.29 is 5.11 Å². The third-order valence-corrected chi connectivity index (χ3v) is 6.87. The van der Waals surface area contributed by atoms with Gasteiger partial charge in [0.05, 0.1) is 6.61 Å². The molecule has 120 valence electrons.